The highest BCUT2D eigenvalue weighted by atomic mass is 79.9. The van der Waals surface area contributed by atoms with Gasteiger partial charge < -0.3 is 9.64 Å². The Morgan fingerprint density at radius 3 is 2.25 bits per heavy atom. The summed E-state index contributed by atoms with van der Waals surface area (Å²) in [5.41, 5.74) is 3.44. The number of likely N-dealkylation sites (tertiary alicyclic amines) is 1. The Kier molecular flexibility index (Phi) is 6.13. The number of amides is 1. The van der Waals surface area contributed by atoms with Gasteiger partial charge in [0.2, 0.25) is 0 Å². The second-order valence-corrected chi connectivity index (χ2v) is 8.53. The van der Waals surface area contributed by atoms with Gasteiger partial charge in [-0.1, -0.05) is 28.1 Å². The number of hydrogen-bond acceptors (Lipinski definition) is 2. The minimum absolute atomic E-state index is 0.190. The molecule has 0 saturated carbocycles. The predicted octanol–water partition coefficient (Wildman–Crippen LogP) is 5.73. The molecule has 0 aromatic heterocycles. The second-order valence-electron chi connectivity index (χ2n) is 7.62. The van der Waals surface area contributed by atoms with Crippen LogP contribution in [0.1, 0.15) is 50.3 Å². The molecule has 1 aromatic rings. The normalized spacial score (nSPS) is 16.7. The van der Waals surface area contributed by atoms with E-state index in [2.05, 4.69) is 54.1 Å². The third-order valence-electron chi connectivity index (χ3n) is 4.28. The first kappa shape index (κ1) is 19.0. The largest absolute Gasteiger partial charge is 0.444 e. The van der Waals surface area contributed by atoms with Crippen LogP contribution in [0.15, 0.2) is 22.7 Å². The van der Waals surface area contributed by atoms with Crippen molar-refractivity contribution < 1.29 is 9.53 Å². The third kappa shape index (κ3) is 5.37. The second kappa shape index (κ2) is 7.73. The van der Waals surface area contributed by atoms with Crippen molar-refractivity contribution in [2.24, 2.45) is 5.92 Å². The van der Waals surface area contributed by atoms with Crippen LogP contribution in [0.25, 0.3) is 6.08 Å². The number of carbonyl (C=O) groups is 1. The molecule has 1 heterocycles. The molecule has 1 amide bonds. The number of carbonyl (C=O) groups excluding carboxylic acids is 1. The molecule has 0 unspecified atom stereocenters. The van der Waals surface area contributed by atoms with Crippen molar-refractivity contribution in [2.75, 3.05) is 13.1 Å². The number of benzene rings is 1. The zero-order valence-electron chi connectivity index (χ0n) is 15.4. The number of allylic oxidation sites excluding steroid dienone is 1. The van der Waals surface area contributed by atoms with Crippen molar-refractivity contribution in [3.8, 4) is 0 Å². The lowest BCUT2D eigenvalue weighted by atomic mass is 9.94. The highest BCUT2D eigenvalue weighted by Crippen LogP contribution is 2.25. The summed E-state index contributed by atoms with van der Waals surface area (Å²) in [6.45, 7) is 11.5. The van der Waals surface area contributed by atoms with Crippen molar-refractivity contribution in [2.45, 2.75) is 53.1 Å². The fourth-order valence-electron chi connectivity index (χ4n) is 3.02. The third-order valence-corrected chi connectivity index (χ3v) is 4.74. The molecule has 1 aromatic carbocycles. The molecule has 24 heavy (non-hydrogen) atoms. The van der Waals surface area contributed by atoms with Crippen LogP contribution in [-0.4, -0.2) is 29.7 Å². The lowest BCUT2D eigenvalue weighted by molar-refractivity contribution is 0.0197. The number of ether oxygens (including phenoxy) is 1. The minimum atomic E-state index is -0.426. The summed E-state index contributed by atoms with van der Waals surface area (Å²) in [6.07, 6.45) is 6.33. The van der Waals surface area contributed by atoms with Gasteiger partial charge in [-0.15, -0.1) is 0 Å². The molecule has 2 rings (SSSR count). The Bertz CT molecular complexity index is 600. The van der Waals surface area contributed by atoms with Gasteiger partial charge in [0.1, 0.15) is 5.60 Å². The van der Waals surface area contributed by atoms with Gasteiger partial charge in [-0.05, 0) is 82.2 Å². The molecule has 4 heteroatoms. The van der Waals surface area contributed by atoms with E-state index in [-0.39, 0.29) is 6.09 Å². The molecule has 0 spiro atoms. The van der Waals surface area contributed by atoms with Gasteiger partial charge >= 0.3 is 6.09 Å². The van der Waals surface area contributed by atoms with Crippen molar-refractivity contribution in [1.82, 2.24) is 4.90 Å². The topological polar surface area (TPSA) is 29.5 Å². The molecule has 0 atom stereocenters. The van der Waals surface area contributed by atoms with E-state index in [9.17, 15) is 4.79 Å². The lowest BCUT2D eigenvalue weighted by Crippen LogP contribution is -2.41. The quantitative estimate of drug-likeness (QED) is 0.642. The molecule has 1 aliphatic rings. The Hall–Kier alpha value is -1.29. The summed E-state index contributed by atoms with van der Waals surface area (Å²) in [5, 5.41) is 0. The van der Waals surface area contributed by atoms with Crippen LogP contribution in [0.2, 0.25) is 0 Å². The maximum Gasteiger partial charge on any atom is 0.410 e. The van der Waals surface area contributed by atoms with Crippen LogP contribution < -0.4 is 0 Å². The van der Waals surface area contributed by atoms with Crippen molar-refractivity contribution in [3.05, 3.63) is 39.4 Å². The number of aryl methyl sites for hydroxylation is 2. The molecule has 1 aliphatic heterocycles. The SMILES string of the molecule is Cc1cc(Br)cc(C)c1/C=C/C1CCN(C(=O)OC(C)(C)C)CC1. The summed E-state index contributed by atoms with van der Waals surface area (Å²) < 4.78 is 6.57. The zero-order chi connectivity index (χ0) is 17.9. The molecular weight excluding hydrogens is 366 g/mol. The molecule has 1 saturated heterocycles. The van der Waals surface area contributed by atoms with Crippen molar-refractivity contribution in [1.29, 1.82) is 0 Å². The van der Waals surface area contributed by atoms with E-state index in [0.717, 1.165) is 30.4 Å². The molecule has 132 valence electrons. The average molecular weight is 394 g/mol. The van der Waals surface area contributed by atoms with Crippen LogP contribution in [0, 0.1) is 19.8 Å². The number of piperidine rings is 1. The predicted molar refractivity (Wildman–Crippen MR) is 103 cm³/mol. The molecule has 3 nitrogen and oxygen atoms in total. The van der Waals surface area contributed by atoms with E-state index in [1.807, 2.05) is 25.7 Å². The first-order chi connectivity index (χ1) is 11.2. The number of rotatable bonds is 2. The van der Waals surface area contributed by atoms with Crippen LogP contribution >= 0.6 is 15.9 Å². The van der Waals surface area contributed by atoms with Gasteiger partial charge in [-0.3, -0.25) is 0 Å². The van der Waals surface area contributed by atoms with E-state index in [4.69, 9.17) is 4.74 Å². The van der Waals surface area contributed by atoms with E-state index >= 15 is 0 Å². The highest BCUT2D eigenvalue weighted by molar-refractivity contribution is 9.10. The zero-order valence-corrected chi connectivity index (χ0v) is 16.9. The summed E-state index contributed by atoms with van der Waals surface area (Å²) >= 11 is 3.54. The van der Waals surface area contributed by atoms with Gasteiger partial charge in [0, 0.05) is 17.6 Å². The fraction of sp³-hybridized carbons (Fsp3) is 0.550. The molecule has 0 bridgehead atoms. The van der Waals surface area contributed by atoms with Gasteiger partial charge in [0.05, 0.1) is 0 Å². The summed E-state index contributed by atoms with van der Waals surface area (Å²) in [5.74, 6) is 0.520. The van der Waals surface area contributed by atoms with Crippen LogP contribution in [-0.2, 0) is 4.74 Å². The van der Waals surface area contributed by atoms with Crippen molar-refractivity contribution >= 4 is 28.1 Å². The molecule has 1 fully saturated rings. The summed E-state index contributed by atoms with van der Waals surface area (Å²) in [6, 6.07) is 4.30. The van der Waals surface area contributed by atoms with Crippen LogP contribution in [0.4, 0.5) is 4.79 Å². The Morgan fingerprint density at radius 1 is 1.21 bits per heavy atom. The molecule has 0 aliphatic carbocycles. The van der Waals surface area contributed by atoms with Gasteiger partial charge in [-0.2, -0.15) is 0 Å². The maximum absolute atomic E-state index is 12.1. The average Bonchev–Trinajstić information content (AvgIpc) is 2.45. The maximum atomic E-state index is 12.1. The van der Waals surface area contributed by atoms with Crippen LogP contribution in [0.3, 0.4) is 0 Å². The van der Waals surface area contributed by atoms with E-state index in [1.165, 1.54) is 16.7 Å². The van der Waals surface area contributed by atoms with E-state index in [0.29, 0.717) is 5.92 Å². The van der Waals surface area contributed by atoms with Gasteiger partial charge in [-0.25, -0.2) is 4.79 Å². The molecular formula is C20H28BrNO2. The number of nitrogens with zero attached hydrogens (tertiary/aromatic N) is 1. The van der Waals surface area contributed by atoms with Crippen LogP contribution in [0.5, 0.6) is 0 Å². The van der Waals surface area contributed by atoms with E-state index in [1.54, 1.807) is 0 Å². The minimum Gasteiger partial charge on any atom is -0.444 e. The van der Waals surface area contributed by atoms with E-state index < -0.39 is 5.60 Å². The van der Waals surface area contributed by atoms with Gasteiger partial charge in [0.15, 0.2) is 0 Å². The summed E-state index contributed by atoms with van der Waals surface area (Å²) in [7, 11) is 0. The number of halogens is 1. The standard InChI is InChI=1S/C20H28BrNO2/c1-14-12-17(21)13-15(2)18(14)7-6-16-8-10-22(11-9-16)19(23)24-20(3,4)5/h6-7,12-13,16H,8-11H2,1-5H3/b7-6+. The Labute approximate surface area is 154 Å². The Morgan fingerprint density at radius 2 is 1.75 bits per heavy atom. The fourth-order valence-corrected chi connectivity index (χ4v) is 3.70. The lowest BCUT2D eigenvalue weighted by Gasteiger charge is -2.32. The summed E-state index contributed by atoms with van der Waals surface area (Å²) in [4.78, 5) is 13.9. The highest BCUT2D eigenvalue weighted by Gasteiger charge is 2.25. The molecule has 0 N–H and O–H groups in total. The smallest absolute Gasteiger partial charge is 0.410 e. The first-order valence-corrected chi connectivity index (χ1v) is 9.38. The Balaban J connectivity index is 1.93. The molecule has 0 radical (unpaired) electrons. The van der Waals surface area contributed by atoms with Gasteiger partial charge in [0.25, 0.3) is 0 Å². The first-order valence-electron chi connectivity index (χ1n) is 8.58. The monoisotopic (exact) mass is 393 g/mol. The number of hydrogen-bond donors (Lipinski definition) is 0. The van der Waals surface area contributed by atoms with Crippen molar-refractivity contribution in [3.63, 3.8) is 0 Å².